The number of hydrogen-bond donors (Lipinski definition) is 1. The SMILES string of the molecule is CC1CCCN(C(=O)CCCNC(=O)OC(C)(C)C)C1C. The van der Waals surface area contributed by atoms with Gasteiger partial charge in [-0.05, 0) is 52.9 Å². The molecule has 1 heterocycles. The summed E-state index contributed by atoms with van der Waals surface area (Å²) < 4.78 is 5.15. The van der Waals surface area contributed by atoms with Crippen molar-refractivity contribution >= 4 is 12.0 Å². The van der Waals surface area contributed by atoms with E-state index in [1.807, 2.05) is 25.7 Å². The van der Waals surface area contributed by atoms with Crippen LogP contribution in [0, 0.1) is 5.92 Å². The molecule has 1 aliphatic rings. The highest BCUT2D eigenvalue weighted by Gasteiger charge is 2.27. The fourth-order valence-electron chi connectivity index (χ4n) is 2.58. The highest BCUT2D eigenvalue weighted by Crippen LogP contribution is 2.23. The van der Waals surface area contributed by atoms with Crippen molar-refractivity contribution in [3.05, 3.63) is 0 Å². The molecule has 1 aliphatic heterocycles. The molecule has 0 aromatic carbocycles. The summed E-state index contributed by atoms with van der Waals surface area (Å²) in [6.45, 7) is 11.1. The Morgan fingerprint density at radius 2 is 1.95 bits per heavy atom. The Morgan fingerprint density at radius 3 is 2.57 bits per heavy atom. The number of likely N-dealkylation sites (tertiary alicyclic amines) is 1. The molecule has 0 aromatic rings. The van der Waals surface area contributed by atoms with Gasteiger partial charge in [0.05, 0.1) is 0 Å². The van der Waals surface area contributed by atoms with Crippen LogP contribution >= 0.6 is 0 Å². The molecule has 21 heavy (non-hydrogen) atoms. The molecule has 0 saturated carbocycles. The summed E-state index contributed by atoms with van der Waals surface area (Å²) in [5.41, 5.74) is -0.487. The molecule has 2 amide bonds. The number of alkyl carbamates (subject to hydrolysis) is 1. The standard InChI is InChI=1S/C16H30N2O3/c1-12-8-7-11-18(13(12)2)14(19)9-6-10-17-15(20)21-16(3,4)5/h12-13H,6-11H2,1-5H3,(H,17,20). The summed E-state index contributed by atoms with van der Waals surface area (Å²) in [7, 11) is 0. The van der Waals surface area contributed by atoms with E-state index in [-0.39, 0.29) is 5.91 Å². The van der Waals surface area contributed by atoms with Crippen LogP contribution in [0.3, 0.4) is 0 Å². The summed E-state index contributed by atoms with van der Waals surface area (Å²) in [6.07, 6.45) is 3.00. The average molecular weight is 298 g/mol. The van der Waals surface area contributed by atoms with Gasteiger partial charge < -0.3 is 15.0 Å². The van der Waals surface area contributed by atoms with E-state index in [0.717, 1.165) is 13.0 Å². The van der Waals surface area contributed by atoms with Crippen LogP contribution in [0.5, 0.6) is 0 Å². The Labute approximate surface area is 128 Å². The van der Waals surface area contributed by atoms with Gasteiger partial charge in [-0.2, -0.15) is 0 Å². The highest BCUT2D eigenvalue weighted by molar-refractivity contribution is 5.76. The summed E-state index contributed by atoms with van der Waals surface area (Å²) in [4.78, 5) is 25.7. The average Bonchev–Trinajstić information content (AvgIpc) is 2.35. The third kappa shape index (κ3) is 6.36. The first-order chi connectivity index (χ1) is 9.70. The van der Waals surface area contributed by atoms with Crippen LogP contribution in [-0.2, 0) is 9.53 Å². The van der Waals surface area contributed by atoms with Crippen molar-refractivity contribution in [3.63, 3.8) is 0 Å². The lowest BCUT2D eigenvalue weighted by Crippen LogP contribution is -2.46. The molecule has 1 saturated heterocycles. The van der Waals surface area contributed by atoms with Crippen molar-refractivity contribution in [2.75, 3.05) is 13.1 Å². The van der Waals surface area contributed by atoms with Gasteiger partial charge in [-0.15, -0.1) is 0 Å². The number of ether oxygens (including phenoxy) is 1. The third-order valence-corrected chi connectivity index (χ3v) is 3.93. The lowest BCUT2D eigenvalue weighted by atomic mass is 9.92. The fraction of sp³-hybridized carbons (Fsp3) is 0.875. The van der Waals surface area contributed by atoms with Crippen molar-refractivity contribution in [1.29, 1.82) is 0 Å². The molecule has 1 fully saturated rings. The molecule has 1 N–H and O–H groups in total. The van der Waals surface area contributed by atoms with Gasteiger partial charge >= 0.3 is 6.09 Å². The number of piperidine rings is 1. The number of carbonyl (C=O) groups is 2. The van der Waals surface area contributed by atoms with Crippen LogP contribution in [0.25, 0.3) is 0 Å². The first-order valence-corrected chi connectivity index (χ1v) is 7.97. The Hall–Kier alpha value is -1.26. The van der Waals surface area contributed by atoms with Crippen LogP contribution in [-0.4, -0.2) is 41.6 Å². The van der Waals surface area contributed by atoms with Gasteiger partial charge in [-0.25, -0.2) is 4.79 Å². The van der Waals surface area contributed by atoms with Crippen LogP contribution in [0.2, 0.25) is 0 Å². The predicted octanol–water partition coefficient (Wildman–Crippen LogP) is 2.94. The van der Waals surface area contributed by atoms with Gasteiger partial charge in [0, 0.05) is 25.6 Å². The molecule has 2 atom stereocenters. The van der Waals surface area contributed by atoms with Gasteiger partial charge in [0.2, 0.25) is 5.91 Å². The van der Waals surface area contributed by atoms with Crippen LogP contribution < -0.4 is 5.32 Å². The van der Waals surface area contributed by atoms with E-state index in [0.29, 0.717) is 31.3 Å². The minimum atomic E-state index is -0.487. The zero-order valence-electron chi connectivity index (χ0n) is 14.1. The van der Waals surface area contributed by atoms with Gasteiger partial charge in [0.15, 0.2) is 0 Å². The summed E-state index contributed by atoms with van der Waals surface area (Å²) in [5.74, 6) is 0.766. The van der Waals surface area contributed by atoms with E-state index in [1.54, 1.807) is 0 Å². The zero-order valence-corrected chi connectivity index (χ0v) is 14.1. The molecule has 0 bridgehead atoms. The molecular weight excluding hydrogens is 268 g/mol. The topological polar surface area (TPSA) is 58.6 Å². The molecule has 5 nitrogen and oxygen atoms in total. The monoisotopic (exact) mass is 298 g/mol. The van der Waals surface area contributed by atoms with E-state index in [2.05, 4.69) is 19.2 Å². The second-order valence-corrected chi connectivity index (χ2v) is 6.98. The Balaban J connectivity index is 2.23. The number of carbonyl (C=O) groups excluding carboxylic acids is 2. The Morgan fingerprint density at radius 1 is 1.29 bits per heavy atom. The normalized spacial score (nSPS) is 22.8. The minimum absolute atomic E-state index is 0.194. The summed E-state index contributed by atoms with van der Waals surface area (Å²) in [6, 6.07) is 0.324. The van der Waals surface area contributed by atoms with Crippen molar-refractivity contribution in [2.45, 2.75) is 71.9 Å². The van der Waals surface area contributed by atoms with Gasteiger partial charge in [-0.3, -0.25) is 4.79 Å². The zero-order chi connectivity index (χ0) is 16.0. The number of hydrogen-bond acceptors (Lipinski definition) is 3. The third-order valence-electron chi connectivity index (χ3n) is 3.93. The number of nitrogens with one attached hydrogen (secondary N) is 1. The van der Waals surface area contributed by atoms with Crippen molar-refractivity contribution in [2.24, 2.45) is 5.92 Å². The second-order valence-electron chi connectivity index (χ2n) is 6.98. The number of amides is 2. The molecule has 0 spiro atoms. The summed E-state index contributed by atoms with van der Waals surface area (Å²) >= 11 is 0. The number of rotatable bonds is 4. The van der Waals surface area contributed by atoms with Crippen molar-refractivity contribution in [1.82, 2.24) is 10.2 Å². The van der Waals surface area contributed by atoms with Crippen LogP contribution in [0.1, 0.15) is 60.3 Å². The van der Waals surface area contributed by atoms with Gasteiger partial charge in [0.25, 0.3) is 0 Å². The first-order valence-electron chi connectivity index (χ1n) is 7.97. The minimum Gasteiger partial charge on any atom is -0.444 e. The van der Waals surface area contributed by atoms with Gasteiger partial charge in [0.1, 0.15) is 5.60 Å². The maximum atomic E-state index is 12.2. The molecule has 1 rings (SSSR count). The fourth-order valence-corrected chi connectivity index (χ4v) is 2.58. The second kappa shape index (κ2) is 7.66. The summed E-state index contributed by atoms with van der Waals surface area (Å²) in [5, 5.41) is 2.69. The van der Waals surface area contributed by atoms with E-state index >= 15 is 0 Å². The largest absolute Gasteiger partial charge is 0.444 e. The molecular formula is C16H30N2O3. The highest BCUT2D eigenvalue weighted by atomic mass is 16.6. The van der Waals surface area contributed by atoms with Crippen molar-refractivity contribution < 1.29 is 14.3 Å². The van der Waals surface area contributed by atoms with Crippen LogP contribution in [0.4, 0.5) is 4.79 Å². The van der Waals surface area contributed by atoms with Crippen molar-refractivity contribution in [3.8, 4) is 0 Å². The Kier molecular flexibility index (Phi) is 6.49. The molecule has 0 aliphatic carbocycles. The molecule has 5 heteroatoms. The lowest BCUT2D eigenvalue weighted by Gasteiger charge is -2.38. The molecule has 2 unspecified atom stereocenters. The maximum absolute atomic E-state index is 12.2. The maximum Gasteiger partial charge on any atom is 0.407 e. The first kappa shape index (κ1) is 17.8. The molecule has 122 valence electrons. The van der Waals surface area contributed by atoms with Gasteiger partial charge in [-0.1, -0.05) is 6.92 Å². The van der Waals surface area contributed by atoms with E-state index in [4.69, 9.17) is 4.74 Å². The van der Waals surface area contributed by atoms with E-state index in [9.17, 15) is 9.59 Å². The van der Waals surface area contributed by atoms with E-state index in [1.165, 1.54) is 6.42 Å². The lowest BCUT2D eigenvalue weighted by molar-refractivity contribution is -0.135. The van der Waals surface area contributed by atoms with Crippen LogP contribution in [0.15, 0.2) is 0 Å². The quantitative estimate of drug-likeness (QED) is 0.812. The number of nitrogens with zero attached hydrogens (tertiary/aromatic N) is 1. The molecule has 0 aromatic heterocycles. The van der Waals surface area contributed by atoms with E-state index < -0.39 is 11.7 Å². The Bertz CT molecular complexity index is 363. The predicted molar refractivity (Wildman–Crippen MR) is 83.0 cm³/mol. The smallest absolute Gasteiger partial charge is 0.407 e. The molecule has 0 radical (unpaired) electrons.